The number of rotatable bonds is 3. The fourth-order valence-corrected chi connectivity index (χ4v) is 2.57. The second-order valence-electron chi connectivity index (χ2n) is 4.00. The molecule has 96 valence electrons. The molecule has 0 saturated carbocycles. The van der Waals surface area contributed by atoms with Gasteiger partial charge >= 0.3 is 0 Å². The Bertz CT molecular complexity index is 650. The Morgan fingerprint density at radius 1 is 1.26 bits per heavy atom. The summed E-state index contributed by atoms with van der Waals surface area (Å²) in [5.74, 6) is 0. The fraction of sp³-hybridized carbons (Fsp3) is 0.0714. The highest BCUT2D eigenvalue weighted by Gasteiger charge is 2.04. The average Bonchev–Trinajstić information content (AvgIpc) is 2.37. The SMILES string of the molecule is N#CCc1cc(Nc2ccc(I)cc2Cl)ccc1N. The maximum absolute atomic E-state index is 8.75. The molecule has 2 aromatic carbocycles. The van der Waals surface area contributed by atoms with Crippen LogP contribution >= 0.6 is 34.2 Å². The van der Waals surface area contributed by atoms with E-state index in [1.165, 1.54) is 0 Å². The van der Waals surface area contributed by atoms with E-state index >= 15 is 0 Å². The van der Waals surface area contributed by atoms with Gasteiger partial charge in [-0.05, 0) is 64.6 Å². The molecule has 2 aromatic rings. The predicted molar refractivity (Wildman–Crippen MR) is 87.6 cm³/mol. The molecule has 0 spiro atoms. The van der Waals surface area contributed by atoms with Crippen molar-refractivity contribution in [2.75, 3.05) is 11.1 Å². The van der Waals surface area contributed by atoms with Crippen molar-refractivity contribution in [1.82, 2.24) is 0 Å². The first-order valence-corrected chi connectivity index (χ1v) is 7.03. The second kappa shape index (κ2) is 6.13. The van der Waals surface area contributed by atoms with Crippen LogP contribution in [0, 0.1) is 14.9 Å². The summed E-state index contributed by atoms with van der Waals surface area (Å²) < 4.78 is 1.08. The molecular weight excluding hydrogens is 373 g/mol. The summed E-state index contributed by atoms with van der Waals surface area (Å²) >= 11 is 8.38. The zero-order chi connectivity index (χ0) is 13.8. The third kappa shape index (κ3) is 3.52. The number of hydrogen-bond donors (Lipinski definition) is 2. The van der Waals surface area contributed by atoms with E-state index < -0.39 is 0 Å². The zero-order valence-corrected chi connectivity index (χ0v) is 12.9. The minimum absolute atomic E-state index is 0.293. The van der Waals surface area contributed by atoms with Crippen LogP contribution in [0.3, 0.4) is 0 Å². The summed E-state index contributed by atoms with van der Waals surface area (Å²) in [7, 11) is 0. The molecule has 0 atom stereocenters. The van der Waals surface area contributed by atoms with Crippen molar-refractivity contribution in [3.63, 3.8) is 0 Å². The minimum atomic E-state index is 0.293. The highest BCUT2D eigenvalue weighted by molar-refractivity contribution is 14.1. The van der Waals surface area contributed by atoms with Crippen LogP contribution in [0.25, 0.3) is 0 Å². The number of nitrogens with zero attached hydrogens (tertiary/aromatic N) is 1. The fourth-order valence-electron chi connectivity index (χ4n) is 1.67. The molecule has 0 amide bonds. The molecule has 0 aromatic heterocycles. The van der Waals surface area contributed by atoms with Crippen LogP contribution < -0.4 is 11.1 Å². The first kappa shape index (κ1) is 14.0. The molecule has 3 nitrogen and oxygen atoms in total. The second-order valence-corrected chi connectivity index (χ2v) is 5.65. The van der Waals surface area contributed by atoms with Gasteiger partial charge in [-0.1, -0.05) is 11.6 Å². The zero-order valence-electron chi connectivity index (χ0n) is 9.95. The van der Waals surface area contributed by atoms with E-state index in [4.69, 9.17) is 22.6 Å². The van der Waals surface area contributed by atoms with Crippen LogP contribution in [0.5, 0.6) is 0 Å². The molecule has 0 bridgehead atoms. The van der Waals surface area contributed by atoms with Gasteiger partial charge in [0.05, 0.1) is 23.2 Å². The average molecular weight is 384 g/mol. The van der Waals surface area contributed by atoms with E-state index in [1.807, 2.05) is 30.3 Å². The lowest BCUT2D eigenvalue weighted by Gasteiger charge is -2.11. The minimum Gasteiger partial charge on any atom is -0.398 e. The van der Waals surface area contributed by atoms with Gasteiger partial charge < -0.3 is 11.1 Å². The van der Waals surface area contributed by atoms with Crippen molar-refractivity contribution in [3.05, 3.63) is 50.6 Å². The lowest BCUT2D eigenvalue weighted by molar-refractivity contribution is 1.27. The van der Waals surface area contributed by atoms with Gasteiger partial charge in [-0.3, -0.25) is 0 Å². The van der Waals surface area contributed by atoms with Gasteiger partial charge in [0.2, 0.25) is 0 Å². The standard InChI is InChI=1S/C14H11ClIN3/c15-12-8-10(16)1-4-14(12)19-11-2-3-13(18)9(7-11)5-6-17/h1-4,7-8,19H,5,18H2. The van der Waals surface area contributed by atoms with Crippen molar-refractivity contribution < 1.29 is 0 Å². The first-order valence-electron chi connectivity index (χ1n) is 5.57. The monoisotopic (exact) mass is 383 g/mol. The van der Waals surface area contributed by atoms with E-state index in [-0.39, 0.29) is 0 Å². The van der Waals surface area contributed by atoms with Crippen LogP contribution in [-0.4, -0.2) is 0 Å². The van der Waals surface area contributed by atoms with Gasteiger partial charge in [0.1, 0.15) is 0 Å². The van der Waals surface area contributed by atoms with Gasteiger partial charge in [0, 0.05) is 14.9 Å². The summed E-state index contributed by atoms with van der Waals surface area (Å²) in [5.41, 5.74) is 8.94. The molecule has 2 rings (SSSR count). The van der Waals surface area contributed by atoms with Crippen LogP contribution in [0.15, 0.2) is 36.4 Å². The highest BCUT2D eigenvalue weighted by atomic mass is 127. The molecule has 0 saturated heterocycles. The smallest absolute Gasteiger partial charge is 0.0670 e. The van der Waals surface area contributed by atoms with Crippen LogP contribution in [-0.2, 0) is 6.42 Å². The third-order valence-electron chi connectivity index (χ3n) is 2.62. The number of halogens is 2. The summed E-state index contributed by atoms with van der Waals surface area (Å²) in [6.07, 6.45) is 0.293. The van der Waals surface area contributed by atoms with Crippen LogP contribution in [0.2, 0.25) is 5.02 Å². The Morgan fingerprint density at radius 2 is 2.05 bits per heavy atom. The van der Waals surface area contributed by atoms with Crippen molar-refractivity contribution >= 4 is 51.3 Å². The molecule has 0 heterocycles. The molecule has 19 heavy (non-hydrogen) atoms. The molecule has 0 aliphatic heterocycles. The quantitative estimate of drug-likeness (QED) is 0.612. The van der Waals surface area contributed by atoms with E-state index in [9.17, 15) is 0 Å². The molecule has 0 fully saturated rings. The summed E-state index contributed by atoms with van der Waals surface area (Å²) in [4.78, 5) is 0. The first-order chi connectivity index (χ1) is 9.10. The normalized spacial score (nSPS) is 9.95. The third-order valence-corrected chi connectivity index (χ3v) is 3.61. The van der Waals surface area contributed by atoms with Crippen LogP contribution in [0.1, 0.15) is 5.56 Å². The Hall–Kier alpha value is -1.45. The number of anilines is 3. The van der Waals surface area contributed by atoms with E-state index in [0.29, 0.717) is 17.1 Å². The van der Waals surface area contributed by atoms with E-state index in [1.54, 1.807) is 6.07 Å². The molecule has 0 radical (unpaired) electrons. The molecule has 3 N–H and O–H groups in total. The number of nitrogens with one attached hydrogen (secondary N) is 1. The molecule has 0 aliphatic rings. The number of hydrogen-bond acceptors (Lipinski definition) is 3. The number of benzene rings is 2. The Labute approximate surface area is 130 Å². The highest BCUT2D eigenvalue weighted by Crippen LogP contribution is 2.28. The Balaban J connectivity index is 2.28. The Kier molecular flexibility index (Phi) is 4.51. The van der Waals surface area contributed by atoms with Gasteiger partial charge in [-0.2, -0.15) is 5.26 Å². The molecule has 5 heteroatoms. The maximum atomic E-state index is 8.75. The lowest BCUT2D eigenvalue weighted by atomic mass is 10.1. The Morgan fingerprint density at radius 3 is 2.74 bits per heavy atom. The van der Waals surface area contributed by atoms with Crippen LogP contribution in [0.4, 0.5) is 17.1 Å². The lowest BCUT2D eigenvalue weighted by Crippen LogP contribution is -1.97. The van der Waals surface area contributed by atoms with E-state index in [2.05, 4.69) is 34.0 Å². The number of nitrogen functional groups attached to an aromatic ring is 1. The molecule has 0 unspecified atom stereocenters. The topological polar surface area (TPSA) is 61.8 Å². The van der Waals surface area contributed by atoms with Crippen molar-refractivity contribution in [1.29, 1.82) is 5.26 Å². The molecule has 0 aliphatic carbocycles. The van der Waals surface area contributed by atoms with Crippen molar-refractivity contribution in [2.45, 2.75) is 6.42 Å². The number of nitriles is 1. The van der Waals surface area contributed by atoms with Gasteiger partial charge in [0.25, 0.3) is 0 Å². The van der Waals surface area contributed by atoms with E-state index in [0.717, 1.165) is 20.5 Å². The number of nitrogens with two attached hydrogens (primary N) is 1. The summed E-state index contributed by atoms with van der Waals surface area (Å²) in [5, 5.41) is 12.6. The van der Waals surface area contributed by atoms with Gasteiger partial charge in [0.15, 0.2) is 0 Å². The summed E-state index contributed by atoms with van der Waals surface area (Å²) in [6, 6.07) is 13.4. The molecular formula is C14H11ClIN3. The largest absolute Gasteiger partial charge is 0.398 e. The maximum Gasteiger partial charge on any atom is 0.0670 e. The van der Waals surface area contributed by atoms with Crippen molar-refractivity contribution in [3.8, 4) is 6.07 Å². The summed E-state index contributed by atoms with van der Waals surface area (Å²) in [6.45, 7) is 0. The van der Waals surface area contributed by atoms with Gasteiger partial charge in [-0.25, -0.2) is 0 Å². The van der Waals surface area contributed by atoms with Gasteiger partial charge in [-0.15, -0.1) is 0 Å². The predicted octanol–water partition coefficient (Wildman–Crippen LogP) is 4.34. The van der Waals surface area contributed by atoms with Crippen molar-refractivity contribution in [2.24, 2.45) is 0 Å².